The zero-order valence-corrected chi connectivity index (χ0v) is 12.9. The molecule has 0 bridgehead atoms. The second-order valence-electron chi connectivity index (χ2n) is 4.47. The molecule has 17 heavy (non-hydrogen) atoms. The van der Waals surface area contributed by atoms with E-state index in [0.717, 1.165) is 30.5 Å². The minimum Gasteiger partial charge on any atom is -0.266 e. The Labute approximate surface area is 115 Å². The van der Waals surface area contributed by atoms with E-state index in [1.807, 2.05) is 17.8 Å². The molecule has 1 aliphatic carbocycles. The first-order valence-corrected chi connectivity index (χ1v) is 7.40. The van der Waals surface area contributed by atoms with Crippen molar-refractivity contribution in [3.8, 4) is 0 Å². The average molecular weight is 268 g/mol. The maximum absolute atomic E-state index is 6.24. The lowest BCUT2D eigenvalue weighted by Gasteiger charge is -2.21. The van der Waals surface area contributed by atoms with Crippen molar-refractivity contribution in [2.45, 2.75) is 51.8 Å². The van der Waals surface area contributed by atoms with Gasteiger partial charge in [-0.2, -0.15) is 0 Å². The van der Waals surface area contributed by atoms with Crippen LogP contribution in [0.25, 0.3) is 0 Å². The Balaban J connectivity index is 0.000000686. The number of thiol groups is 1. The van der Waals surface area contributed by atoms with Crippen LogP contribution in [-0.2, 0) is 12.8 Å². The molecule has 1 unspecified atom stereocenters. The fourth-order valence-corrected chi connectivity index (χ4v) is 3.81. The van der Waals surface area contributed by atoms with Crippen LogP contribution in [0, 0.1) is 0 Å². The van der Waals surface area contributed by atoms with Gasteiger partial charge in [-0.15, -0.1) is 11.3 Å². The fourth-order valence-electron chi connectivity index (χ4n) is 2.08. The van der Waals surface area contributed by atoms with E-state index < -0.39 is 0 Å². The third-order valence-corrected chi connectivity index (χ3v) is 4.63. The third kappa shape index (κ3) is 3.41. The first-order valence-electron chi connectivity index (χ1n) is 6.18. The van der Waals surface area contributed by atoms with Gasteiger partial charge in [0.15, 0.2) is 4.80 Å². The van der Waals surface area contributed by atoms with Crippen LogP contribution in [0.3, 0.4) is 0 Å². The summed E-state index contributed by atoms with van der Waals surface area (Å²) in [6.45, 7) is 6.13. The summed E-state index contributed by atoms with van der Waals surface area (Å²) in [5, 5.41) is -0.0676. The summed E-state index contributed by atoms with van der Waals surface area (Å²) in [6.07, 6.45) is 4.24. The molecule has 1 atom stereocenters. The van der Waals surface area contributed by atoms with Crippen LogP contribution in [0.2, 0.25) is 5.31 Å². The predicted octanol–water partition coefficient (Wildman–Crippen LogP) is 3.03. The van der Waals surface area contributed by atoms with Crippen LogP contribution in [0.5, 0.6) is 0 Å². The van der Waals surface area contributed by atoms with Gasteiger partial charge in [0.05, 0.1) is 7.85 Å². The zero-order chi connectivity index (χ0) is 13.1. The first-order chi connectivity index (χ1) is 8.03. The molecule has 0 amide bonds. The lowest BCUT2D eigenvalue weighted by molar-refractivity contribution is 0.553. The molecule has 0 saturated carbocycles. The number of rotatable bonds is 0. The summed E-state index contributed by atoms with van der Waals surface area (Å²) in [4.78, 5) is 6.55. The van der Waals surface area contributed by atoms with Gasteiger partial charge in [-0.05, 0) is 19.3 Å². The Hall–Kier alpha value is -0.155. The van der Waals surface area contributed by atoms with Crippen LogP contribution in [-0.4, -0.2) is 18.9 Å². The van der Waals surface area contributed by atoms with Crippen LogP contribution < -0.4 is 4.80 Å². The maximum Gasteiger partial charge on any atom is 0.195 e. The quantitative estimate of drug-likeness (QED) is 0.423. The Bertz CT molecular complexity index is 432. The van der Waals surface area contributed by atoms with Gasteiger partial charge in [0.2, 0.25) is 0 Å². The molecule has 0 aliphatic heterocycles. The van der Waals surface area contributed by atoms with Gasteiger partial charge in [-0.1, -0.05) is 45.3 Å². The van der Waals surface area contributed by atoms with Gasteiger partial charge in [0, 0.05) is 17.6 Å². The number of hydrogen-bond acceptors (Lipinski definition) is 3. The van der Waals surface area contributed by atoms with Crippen molar-refractivity contribution in [2.75, 3.05) is 7.05 Å². The monoisotopic (exact) mass is 268 g/mol. The predicted molar refractivity (Wildman–Crippen MR) is 80.3 cm³/mol. The number of thiazole rings is 1. The van der Waals surface area contributed by atoms with E-state index in [9.17, 15) is 0 Å². The van der Waals surface area contributed by atoms with Crippen LogP contribution in [0.4, 0.5) is 0 Å². The smallest absolute Gasteiger partial charge is 0.195 e. The number of fused-ring (bicyclic) bond motifs is 1. The van der Waals surface area contributed by atoms with Crippen LogP contribution >= 0.6 is 24.2 Å². The highest BCUT2D eigenvalue weighted by Gasteiger charge is 2.25. The van der Waals surface area contributed by atoms with E-state index in [1.54, 1.807) is 18.4 Å². The third-order valence-electron chi connectivity index (χ3n) is 2.89. The summed E-state index contributed by atoms with van der Waals surface area (Å²) < 4.78 is 1.92. The van der Waals surface area contributed by atoms with E-state index in [0.29, 0.717) is 0 Å². The summed E-state index contributed by atoms with van der Waals surface area (Å²) >= 11 is 6.19. The van der Waals surface area contributed by atoms with Crippen molar-refractivity contribution >= 4 is 32.0 Å². The Morgan fingerprint density at radius 3 is 2.71 bits per heavy atom. The normalized spacial score (nSPS) is 24.6. The highest BCUT2D eigenvalue weighted by atomic mass is 32.1. The minimum absolute atomic E-state index is 0.0676. The van der Waals surface area contributed by atoms with Gasteiger partial charge in [0.1, 0.15) is 0 Å². The Kier molecular flexibility index (Phi) is 5.38. The molecule has 1 aliphatic rings. The molecule has 0 fully saturated rings. The van der Waals surface area contributed by atoms with Crippen molar-refractivity contribution in [1.82, 2.24) is 3.97 Å². The standard InChI is InChI=1S/C10H15BN2S2.C2H6/c1-10(11)5-3-4-7-8(6-10)15-9(12-2)13(7)14;1-2/h14H,3-6H2,1-2H3;1-2H3. The molecule has 0 N–H and O–H groups in total. The van der Waals surface area contributed by atoms with Gasteiger partial charge in [-0.3, -0.25) is 8.96 Å². The van der Waals surface area contributed by atoms with Crippen LogP contribution in [0.1, 0.15) is 44.2 Å². The molecule has 1 aromatic heterocycles. The second-order valence-corrected chi connectivity index (χ2v) is 5.94. The lowest BCUT2D eigenvalue weighted by Crippen LogP contribution is -2.09. The SMILES string of the molecule is CC.[B]C1(C)CCCc2c(sc(=NC)n2S)C1. The second kappa shape index (κ2) is 6.14. The molecule has 1 heterocycles. The number of nitrogens with zero attached hydrogens (tertiary/aromatic N) is 2. The molecule has 2 rings (SSSR count). The van der Waals surface area contributed by atoms with Crippen molar-refractivity contribution in [3.63, 3.8) is 0 Å². The highest BCUT2D eigenvalue weighted by Crippen LogP contribution is 2.38. The molecule has 94 valence electrons. The van der Waals surface area contributed by atoms with Gasteiger partial charge in [-0.25, -0.2) is 0 Å². The summed E-state index contributed by atoms with van der Waals surface area (Å²) in [5.74, 6) is 0. The zero-order valence-electron chi connectivity index (χ0n) is 11.2. The fraction of sp³-hybridized carbons (Fsp3) is 0.750. The highest BCUT2D eigenvalue weighted by molar-refractivity contribution is 7.78. The van der Waals surface area contributed by atoms with E-state index in [-0.39, 0.29) is 5.31 Å². The molecule has 0 spiro atoms. The Morgan fingerprint density at radius 1 is 1.47 bits per heavy atom. The maximum atomic E-state index is 6.24. The average Bonchev–Trinajstić information content (AvgIpc) is 2.50. The number of aromatic nitrogens is 1. The molecule has 0 aromatic carbocycles. The molecule has 2 nitrogen and oxygen atoms in total. The van der Waals surface area contributed by atoms with Gasteiger partial charge >= 0.3 is 0 Å². The van der Waals surface area contributed by atoms with Crippen molar-refractivity contribution < 1.29 is 0 Å². The van der Waals surface area contributed by atoms with Gasteiger partial charge < -0.3 is 0 Å². The topological polar surface area (TPSA) is 17.3 Å². The van der Waals surface area contributed by atoms with Crippen molar-refractivity contribution in [1.29, 1.82) is 0 Å². The first kappa shape index (κ1) is 14.9. The van der Waals surface area contributed by atoms with E-state index in [4.69, 9.17) is 7.85 Å². The van der Waals surface area contributed by atoms with Gasteiger partial charge in [0.25, 0.3) is 0 Å². The van der Waals surface area contributed by atoms with E-state index >= 15 is 0 Å². The molecular weight excluding hydrogens is 247 g/mol. The largest absolute Gasteiger partial charge is 0.266 e. The van der Waals surface area contributed by atoms with E-state index in [1.165, 1.54) is 10.6 Å². The van der Waals surface area contributed by atoms with Crippen molar-refractivity contribution in [2.24, 2.45) is 4.99 Å². The van der Waals surface area contributed by atoms with Crippen LogP contribution in [0.15, 0.2) is 4.99 Å². The minimum atomic E-state index is -0.0676. The number of hydrogen-bond donors (Lipinski definition) is 1. The lowest BCUT2D eigenvalue weighted by atomic mass is 9.66. The summed E-state index contributed by atoms with van der Waals surface area (Å²) in [6, 6.07) is 0. The summed E-state index contributed by atoms with van der Waals surface area (Å²) in [5.41, 5.74) is 1.30. The van der Waals surface area contributed by atoms with Crippen molar-refractivity contribution in [3.05, 3.63) is 15.4 Å². The molecule has 1 aromatic rings. The Morgan fingerprint density at radius 2 is 2.12 bits per heavy atom. The molecule has 5 heteroatoms. The molecular formula is C12H21BN2S2. The summed E-state index contributed by atoms with van der Waals surface area (Å²) in [7, 11) is 8.04. The molecule has 0 saturated heterocycles. The molecule has 2 radical (unpaired) electrons. The van der Waals surface area contributed by atoms with E-state index in [2.05, 4.69) is 24.7 Å².